The molecule has 0 amide bonds. The second-order valence-electron chi connectivity index (χ2n) is 5.56. The van der Waals surface area contributed by atoms with E-state index in [0.717, 1.165) is 22.6 Å². The molecule has 0 radical (unpaired) electrons. The van der Waals surface area contributed by atoms with Crippen molar-refractivity contribution in [2.45, 2.75) is 6.92 Å². The fourth-order valence-corrected chi connectivity index (χ4v) is 2.80. The molecule has 1 heterocycles. The molecule has 0 saturated heterocycles. The summed E-state index contributed by atoms with van der Waals surface area (Å²) in [4.78, 5) is 0. The molecule has 0 aliphatic carbocycles. The Morgan fingerprint density at radius 3 is 2.23 bits per heavy atom. The Labute approximate surface area is 129 Å². The normalized spacial score (nSPS) is 11.0. The highest BCUT2D eigenvalue weighted by atomic mass is 16.3. The van der Waals surface area contributed by atoms with E-state index in [-0.39, 0.29) is 0 Å². The molecule has 0 N–H and O–H groups in total. The Hall–Kier alpha value is -2.80. The van der Waals surface area contributed by atoms with Crippen LogP contribution in [0, 0.1) is 6.92 Å². The summed E-state index contributed by atoms with van der Waals surface area (Å²) in [5.41, 5.74) is 3.50. The molecule has 0 bridgehead atoms. The van der Waals surface area contributed by atoms with Crippen LogP contribution in [0.1, 0.15) is 5.56 Å². The highest BCUT2D eigenvalue weighted by Gasteiger charge is 2.09. The van der Waals surface area contributed by atoms with E-state index in [2.05, 4.69) is 79.7 Å². The van der Waals surface area contributed by atoms with Crippen LogP contribution in [0.4, 0.5) is 0 Å². The van der Waals surface area contributed by atoms with Gasteiger partial charge in [-0.2, -0.15) is 0 Å². The number of benzene rings is 3. The van der Waals surface area contributed by atoms with Gasteiger partial charge in [0.15, 0.2) is 0 Å². The topological polar surface area (TPSA) is 13.1 Å². The summed E-state index contributed by atoms with van der Waals surface area (Å²) in [6.07, 6.45) is 0. The molecular weight excluding hydrogens is 268 g/mol. The number of aryl methyl sites for hydroxylation is 1. The predicted octanol–water partition coefficient (Wildman–Crippen LogP) is 6.08. The van der Waals surface area contributed by atoms with Crippen molar-refractivity contribution >= 4 is 10.8 Å². The van der Waals surface area contributed by atoms with Gasteiger partial charge in [0.05, 0.1) is 0 Å². The lowest BCUT2D eigenvalue weighted by Crippen LogP contribution is -1.78. The number of hydrogen-bond donors (Lipinski definition) is 0. The second-order valence-corrected chi connectivity index (χ2v) is 5.56. The average Bonchev–Trinajstić information content (AvgIpc) is 3.05. The van der Waals surface area contributed by atoms with E-state index in [1.54, 1.807) is 0 Å². The molecule has 0 unspecified atom stereocenters. The predicted molar refractivity (Wildman–Crippen MR) is 91.8 cm³/mol. The average molecular weight is 284 g/mol. The summed E-state index contributed by atoms with van der Waals surface area (Å²) >= 11 is 0. The fourth-order valence-electron chi connectivity index (χ4n) is 2.80. The van der Waals surface area contributed by atoms with E-state index >= 15 is 0 Å². The largest absolute Gasteiger partial charge is 0.456 e. The molecule has 0 saturated carbocycles. The van der Waals surface area contributed by atoms with Crippen LogP contribution in [0.15, 0.2) is 83.3 Å². The summed E-state index contributed by atoms with van der Waals surface area (Å²) in [6.45, 7) is 2.09. The van der Waals surface area contributed by atoms with Crippen molar-refractivity contribution in [2.24, 2.45) is 0 Å². The van der Waals surface area contributed by atoms with Crippen molar-refractivity contribution in [1.29, 1.82) is 0 Å². The second kappa shape index (κ2) is 5.19. The number of hydrogen-bond acceptors (Lipinski definition) is 1. The zero-order chi connectivity index (χ0) is 14.9. The first kappa shape index (κ1) is 12.9. The molecule has 22 heavy (non-hydrogen) atoms. The van der Waals surface area contributed by atoms with Crippen LogP contribution >= 0.6 is 0 Å². The molecule has 0 fully saturated rings. The van der Waals surface area contributed by atoms with Gasteiger partial charge < -0.3 is 4.42 Å². The molecule has 0 aliphatic rings. The van der Waals surface area contributed by atoms with Gasteiger partial charge in [-0.15, -0.1) is 0 Å². The van der Waals surface area contributed by atoms with E-state index < -0.39 is 0 Å². The number of furan rings is 1. The zero-order valence-corrected chi connectivity index (χ0v) is 12.4. The highest BCUT2D eigenvalue weighted by molar-refractivity contribution is 5.95. The van der Waals surface area contributed by atoms with E-state index in [9.17, 15) is 0 Å². The Kier molecular flexibility index (Phi) is 3.05. The van der Waals surface area contributed by atoms with Gasteiger partial charge >= 0.3 is 0 Å². The van der Waals surface area contributed by atoms with Crippen molar-refractivity contribution in [3.63, 3.8) is 0 Å². The molecule has 0 atom stereocenters. The molecule has 4 aromatic rings. The molecule has 1 heteroatoms. The molecule has 3 aromatic carbocycles. The van der Waals surface area contributed by atoms with Gasteiger partial charge in [0.25, 0.3) is 0 Å². The molecule has 0 spiro atoms. The lowest BCUT2D eigenvalue weighted by molar-refractivity contribution is 0.598. The maximum Gasteiger partial charge on any atom is 0.135 e. The lowest BCUT2D eigenvalue weighted by Gasteiger charge is -2.04. The summed E-state index contributed by atoms with van der Waals surface area (Å²) in [7, 11) is 0. The first-order valence-corrected chi connectivity index (χ1v) is 7.46. The quantitative estimate of drug-likeness (QED) is 0.435. The van der Waals surface area contributed by atoms with Gasteiger partial charge in [0, 0.05) is 11.1 Å². The van der Waals surface area contributed by atoms with Crippen molar-refractivity contribution in [1.82, 2.24) is 0 Å². The van der Waals surface area contributed by atoms with Gasteiger partial charge in [0.2, 0.25) is 0 Å². The Balaban J connectivity index is 1.82. The van der Waals surface area contributed by atoms with Crippen molar-refractivity contribution < 1.29 is 4.42 Å². The van der Waals surface area contributed by atoms with Gasteiger partial charge in [-0.3, -0.25) is 0 Å². The van der Waals surface area contributed by atoms with Crippen molar-refractivity contribution in [3.8, 4) is 22.6 Å². The Morgan fingerprint density at radius 1 is 0.636 bits per heavy atom. The van der Waals surface area contributed by atoms with Crippen LogP contribution in [0.25, 0.3) is 33.4 Å². The monoisotopic (exact) mass is 284 g/mol. The maximum absolute atomic E-state index is 6.10. The summed E-state index contributed by atoms with van der Waals surface area (Å²) in [5.74, 6) is 1.82. The third-order valence-electron chi connectivity index (χ3n) is 4.00. The minimum absolute atomic E-state index is 0.905. The SMILES string of the molecule is Cc1ccc(-c2ccc(-c3cccc4ccccc34)o2)cc1. The van der Waals surface area contributed by atoms with Crippen LogP contribution in [0.3, 0.4) is 0 Å². The standard InChI is InChI=1S/C21H16O/c1-15-9-11-17(12-10-15)20-13-14-21(22-20)19-8-4-6-16-5-2-3-7-18(16)19/h2-14H,1H3. The minimum Gasteiger partial charge on any atom is -0.456 e. The Bertz CT molecular complexity index is 924. The third-order valence-corrected chi connectivity index (χ3v) is 4.00. The third kappa shape index (κ3) is 2.21. The molecule has 1 aromatic heterocycles. The van der Waals surface area contributed by atoms with Gasteiger partial charge in [-0.1, -0.05) is 72.3 Å². The molecular formula is C21H16O. The molecule has 106 valence electrons. The van der Waals surface area contributed by atoms with Gasteiger partial charge in [-0.05, 0) is 29.8 Å². The number of fused-ring (bicyclic) bond motifs is 1. The summed E-state index contributed by atoms with van der Waals surface area (Å²) < 4.78 is 6.10. The van der Waals surface area contributed by atoms with Crippen molar-refractivity contribution in [3.05, 3.63) is 84.4 Å². The van der Waals surface area contributed by atoms with E-state index in [1.165, 1.54) is 16.3 Å². The summed E-state index contributed by atoms with van der Waals surface area (Å²) in [6, 6.07) is 27.2. The smallest absolute Gasteiger partial charge is 0.135 e. The summed E-state index contributed by atoms with van der Waals surface area (Å²) in [5, 5.41) is 2.45. The Morgan fingerprint density at radius 2 is 1.36 bits per heavy atom. The van der Waals surface area contributed by atoms with E-state index in [0.29, 0.717) is 0 Å². The van der Waals surface area contributed by atoms with E-state index in [1.807, 2.05) is 6.07 Å². The van der Waals surface area contributed by atoms with Crippen LogP contribution in [-0.4, -0.2) is 0 Å². The van der Waals surface area contributed by atoms with Crippen LogP contribution in [0.2, 0.25) is 0 Å². The molecule has 4 rings (SSSR count). The lowest BCUT2D eigenvalue weighted by atomic mass is 10.0. The first-order chi connectivity index (χ1) is 10.8. The highest BCUT2D eigenvalue weighted by Crippen LogP contribution is 2.32. The molecule has 1 nitrogen and oxygen atoms in total. The van der Waals surface area contributed by atoms with Gasteiger partial charge in [0.1, 0.15) is 11.5 Å². The fraction of sp³-hybridized carbons (Fsp3) is 0.0476. The molecule has 0 aliphatic heterocycles. The maximum atomic E-state index is 6.10. The first-order valence-electron chi connectivity index (χ1n) is 7.46. The van der Waals surface area contributed by atoms with E-state index in [4.69, 9.17) is 4.42 Å². The van der Waals surface area contributed by atoms with Crippen molar-refractivity contribution in [2.75, 3.05) is 0 Å². The number of rotatable bonds is 2. The van der Waals surface area contributed by atoms with Crippen LogP contribution in [0.5, 0.6) is 0 Å². The van der Waals surface area contributed by atoms with Crippen LogP contribution < -0.4 is 0 Å². The van der Waals surface area contributed by atoms with Crippen LogP contribution in [-0.2, 0) is 0 Å². The zero-order valence-electron chi connectivity index (χ0n) is 12.4. The minimum atomic E-state index is 0.905. The van der Waals surface area contributed by atoms with Gasteiger partial charge in [-0.25, -0.2) is 0 Å².